The van der Waals surface area contributed by atoms with Crippen LogP contribution in [0.4, 0.5) is 0 Å². The lowest BCUT2D eigenvalue weighted by Gasteiger charge is -2.64. The maximum Gasteiger partial charge on any atom is 0.101 e. The first kappa shape index (κ1) is 17.3. The van der Waals surface area contributed by atoms with E-state index in [1.54, 1.807) is 12.5 Å². The molecule has 1 aromatic rings. The molecule has 3 heteroatoms. The Morgan fingerprint density at radius 2 is 1.77 bits per heavy atom. The van der Waals surface area contributed by atoms with Crippen LogP contribution in [0.3, 0.4) is 0 Å². The van der Waals surface area contributed by atoms with Crippen LogP contribution >= 0.6 is 0 Å². The van der Waals surface area contributed by atoms with E-state index < -0.39 is 16.6 Å². The minimum atomic E-state index is -0.968. The zero-order valence-corrected chi connectivity index (χ0v) is 16.3. The molecule has 0 saturated heterocycles. The smallest absolute Gasteiger partial charge is 0.101 e. The maximum absolute atomic E-state index is 12.1. The van der Waals surface area contributed by atoms with Gasteiger partial charge in [-0.25, -0.2) is 0 Å². The lowest BCUT2D eigenvalue weighted by atomic mass is 9.43. The molecule has 1 aromatic heterocycles. The van der Waals surface area contributed by atoms with E-state index in [1.165, 1.54) is 32.1 Å². The van der Waals surface area contributed by atoms with Crippen molar-refractivity contribution in [3.63, 3.8) is 0 Å². The summed E-state index contributed by atoms with van der Waals surface area (Å²) in [5.74, 6) is 1.80. The van der Waals surface area contributed by atoms with E-state index >= 15 is 0 Å². The summed E-state index contributed by atoms with van der Waals surface area (Å²) in [6.07, 6.45) is 14.6. The predicted octanol–water partition coefficient (Wildman–Crippen LogP) is 5.01. The van der Waals surface area contributed by atoms with Crippen molar-refractivity contribution in [3.05, 3.63) is 24.2 Å². The second kappa shape index (κ2) is 5.38. The number of fused-ring (bicyclic) bond motifs is 5. The Morgan fingerprint density at radius 1 is 0.923 bits per heavy atom. The SMILES string of the molecule is C[C@]12CCCC[C@H]1CC[C@@H]1[C@@H]2CC[C@]2(C)[C@@](O)(c3ccoc3)CC[C@]12O. The average Bonchev–Trinajstić information content (AvgIpc) is 3.23. The third kappa shape index (κ3) is 1.87. The van der Waals surface area contributed by atoms with Gasteiger partial charge in [0.05, 0.1) is 18.1 Å². The molecule has 0 bridgehead atoms. The Balaban J connectivity index is 1.55. The first-order valence-electron chi connectivity index (χ1n) is 10.8. The fourth-order valence-electron chi connectivity index (χ4n) is 8.24. The molecule has 0 aliphatic heterocycles. The molecule has 144 valence electrons. The second-order valence-electron chi connectivity index (χ2n) is 10.4. The van der Waals surface area contributed by atoms with Gasteiger partial charge in [-0.1, -0.05) is 26.7 Å². The number of aliphatic hydroxyl groups is 2. The van der Waals surface area contributed by atoms with E-state index in [2.05, 4.69) is 13.8 Å². The van der Waals surface area contributed by atoms with Gasteiger partial charge in [-0.05, 0) is 80.6 Å². The zero-order chi connectivity index (χ0) is 18.2. The second-order valence-corrected chi connectivity index (χ2v) is 10.4. The highest BCUT2D eigenvalue weighted by molar-refractivity contribution is 5.30. The van der Waals surface area contributed by atoms with Gasteiger partial charge in [-0.15, -0.1) is 0 Å². The molecule has 1 heterocycles. The molecule has 7 atom stereocenters. The van der Waals surface area contributed by atoms with Crippen LogP contribution in [0.5, 0.6) is 0 Å². The first-order valence-corrected chi connectivity index (χ1v) is 10.8. The van der Waals surface area contributed by atoms with Crippen molar-refractivity contribution in [1.82, 2.24) is 0 Å². The third-order valence-corrected chi connectivity index (χ3v) is 9.91. The highest BCUT2D eigenvalue weighted by Gasteiger charge is 2.72. The van der Waals surface area contributed by atoms with Crippen molar-refractivity contribution < 1.29 is 14.6 Å². The van der Waals surface area contributed by atoms with E-state index in [4.69, 9.17) is 4.42 Å². The van der Waals surface area contributed by atoms with Crippen LogP contribution in [0.1, 0.15) is 83.6 Å². The number of hydrogen-bond acceptors (Lipinski definition) is 3. The number of hydrogen-bond donors (Lipinski definition) is 2. The van der Waals surface area contributed by atoms with E-state index in [-0.39, 0.29) is 0 Å². The molecule has 4 fully saturated rings. The summed E-state index contributed by atoms with van der Waals surface area (Å²) in [6, 6.07) is 1.89. The summed E-state index contributed by atoms with van der Waals surface area (Å²) in [5.41, 5.74) is -0.957. The molecule has 0 spiro atoms. The summed E-state index contributed by atoms with van der Waals surface area (Å²) in [4.78, 5) is 0. The van der Waals surface area contributed by atoms with Crippen molar-refractivity contribution in [1.29, 1.82) is 0 Å². The number of furan rings is 1. The molecule has 3 nitrogen and oxygen atoms in total. The Bertz CT molecular complexity index is 684. The van der Waals surface area contributed by atoms with E-state index in [9.17, 15) is 10.2 Å². The van der Waals surface area contributed by atoms with Gasteiger partial charge in [-0.3, -0.25) is 0 Å². The summed E-state index contributed by atoms with van der Waals surface area (Å²) in [7, 11) is 0. The molecule has 26 heavy (non-hydrogen) atoms. The first-order chi connectivity index (χ1) is 12.4. The lowest BCUT2D eigenvalue weighted by molar-refractivity contribution is -0.236. The Labute approximate surface area is 157 Å². The Kier molecular flexibility index (Phi) is 3.58. The van der Waals surface area contributed by atoms with Crippen LogP contribution in [0.25, 0.3) is 0 Å². The highest BCUT2D eigenvalue weighted by atomic mass is 16.3. The maximum atomic E-state index is 12.1. The highest BCUT2D eigenvalue weighted by Crippen LogP contribution is 2.71. The summed E-state index contributed by atoms with van der Waals surface area (Å²) < 4.78 is 5.30. The molecule has 2 N–H and O–H groups in total. The molecule has 0 radical (unpaired) electrons. The largest absolute Gasteiger partial charge is 0.472 e. The summed E-state index contributed by atoms with van der Waals surface area (Å²) in [5, 5.41) is 23.9. The minimum absolute atomic E-state index is 0.335. The zero-order valence-electron chi connectivity index (χ0n) is 16.3. The molecule has 5 rings (SSSR count). The Hall–Kier alpha value is -0.800. The van der Waals surface area contributed by atoms with Crippen molar-refractivity contribution in [2.75, 3.05) is 0 Å². The summed E-state index contributed by atoms with van der Waals surface area (Å²) >= 11 is 0. The van der Waals surface area contributed by atoms with Gasteiger partial charge in [0.2, 0.25) is 0 Å². The molecule has 4 aliphatic carbocycles. The van der Waals surface area contributed by atoms with Crippen molar-refractivity contribution >= 4 is 0 Å². The average molecular weight is 359 g/mol. The topological polar surface area (TPSA) is 53.6 Å². The van der Waals surface area contributed by atoms with E-state index in [0.717, 1.165) is 30.7 Å². The third-order valence-electron chi connectivity index (χ3n) is 9.91. The van der Waals surface area contributed by atoms with Crippen LogP contribution in [0.15, 0.2) is 23.0 Å². The minimum Gasteiger partial charge on any atom is -0.472 e. The molecule has 4 saturated carbocycles. The normalized spacial score (nSPS) is 53.6. The van der Waals surface area contributed by atoms with Crippen LogP contribution in [0.2, 0.25) is 0 Å². The Morgan fingerprint density at radius 3 is 2.54 bits per heavy atom. The molecule has 4 aliphatic rings. The van der Waals surface area contributed by atoms with Crippen LogP contribution in [-0.4, -0.2) is 15.8 Å². The molecule has 0 unspecified atom stereocenters. The lowest BCUT2D eigenvalue weighted by Crippen LogP contribution is -2.64. The van der Waals surface area contributed by atoms with Crippen molar-refractivity contribution in [2.45, 2.75) is 89.3 Å². The fourth-order valence-corrected chi connectivity index (χ4v) is 8.24. The molecular weight excluding hydrogens is 324 g/mol. The van der Waals surface area contributed by atoms with Gasteiger partial charge in [0.25, 0.3) is 0 Å². The van der Waals surface area contributed by atoms with E-state index in [1.807, 2.05) is 6.07 Å². The van der Waals surface area contributed by atoms with Crippen molar-refractivity contribution in [3.8, 4) is 0 Å². The van der Waals surface area contributed by atoms with Gasteiger partial charge < -0.3 is 14.6 Å². The van der Waals surface area contributed by atoms with Gasteiger partial charge in [0, 0.05) is 11.0 Å². The van der Waals surface area contributed by atoms with Crippen LogP contribution < -0.4 is 0 Å². The quantitative estimate of drug-likeness (QED) is 0.741. The van der Waals surface area contributed by atoms with Crippen LogP contribution in [0, 0.1) is 28.6 Å². The van der Waals surface area contributed by atoms with Gasteiger partial charge in [0.15, 0.2) is 0 Å². The number of rotatable bonds is 1. The summed E-state index contributed by atoms with van der Waals surface area (Å²) in [6.45, 7) is 4.68. The monoisotopic (exact) mass is 358 g/mol. The predicted molar refractivity (Wildman–Crippen MR) is 100 cm³/mol. The molecule has 0 aromatic carbocycles. The van der Waals surface area contributed by atoms with Gasteiger partial charge in [0.1, 0.15) is 5.60 Å². The van der Waals surface area contributed by atoms with Crippen molar-refractivity contribution in [2.24, 2.45) is 28.6 Å². The molecule has 0 amide bonds. The van der Waals surface area contributed by atoms with Gasteiger partial charge >= 0.3 is 0 Å². The van der Waals surface area contributed by atoms with E-state index in [0.29, 0.717) is 30.1 Å². The fraction of sp³-hybridized carbons (Fsp3) is 0.826. The molecular formula is C23H34O3. The van der Waals surface area contributed by atoms with Crippen LogP contribution in [-0.2, 0) is 5.60 Å². The standard InChI is InChI=1S/C23H34O3/c1-20-10-4-3-5-16(20)6-7-19-18(20)8-11-21(2)22(24,12-13-23(19,21)25)17-9-14-26-15-17/h9,14-16,18-19,24-25H,3-8,10-13H2,1-2H3/t16-,18-,19+,20-,21+,22-,23-/m0/s1. The van der Waals surface area contributed by atoms with Gasteiger partial charge in [-0.2, -0.15) is 0 Å².